The Kier molecular flexibility index (Phi) is 3.32. The summed E-state index contributed by atoms with van der Waals surface area (Å²) in [5, 5.41) is 16.0. The number of phenolic OH excluding ortho intramolecular Hbond substituents is 1. The van der Waals surface area contributed by atoms with Crippen LogP contribution in [-0.2, 0) is 7.05 Å². The Labute approximate surface area is 112 Å². The van der Waals surface area contributed by atoms with E-state index < -0.39 is 0 Å². The summed E-state index contributed by atoms with van der Waals surface area (Å²) in [6, 6.07) is 6.41. The molecule has 0 fully saturated rings. The van der Waals surface area contributed by atoms with Gasteiger partial charge in [0.05, 0.1) is 9.77 Å². The number of hydrogen-bond acceptors (Lipinski definition) is 3. The second-order valence-electron chi connectivity index (χ2n) is 3.47. The fourth-order valence-electron chi connectivity index (χ4n) is 1.44. The van der Waals surface area contributed by atoms with Gasteiger partial charge >= 0.3 is 0 Å². The molecule has 1 aromatic heterocycles. The maximum atomic E-state index is 12.0. The Morgan fingerprint density at radius 3 is 2.88 bits per heavy atom. The lowest BCUT2D eigenvalue weighted by Crippen LogP contribution is -2.17. The summed E-state index contributed by atoms with van der Waals surface area (Å²) in [7, 11) is 1.71. The summed E-state index contributed by atoms with van der Waals surface area (Å²) in [4.78, 5) is 12.0. The van der Waals surface area contributed by atoms with E-state index in [9.17, 15) is 9.90 Å². The molecule has 2 N–H and O–H groups in total. The highest BCUT2D eigenvalue weighted by atomic mass is 127. The Bertz CT molecular complexity index is 546. The number of nitrogens with zero attached hydrogens (tertiary/aromatic N) is 2. The number of aromatic nitrogens is 2. The van der Waals surface area contributed by atoms with Crippen LogP contribution >= 0.6 is 22.6 Å². The van der Waals surface area contributed by atoms with Gasteiger partial charge in [-0.15, -0.1) is 0 Å². The Morgan fingerprint density at radius 2 is 2.29 bits per heavy atom. The predicted octanol–water partition coefficient (Wildman–Crippen LogP) is 1.98. The molecule has 17 heavy (non-hydrogen) atoms. The SMILES string of the molecule is Cn1ncc(I)c1C(=O)Nc1cccc(O)c1. The van der Waals surface area contributed by atoms with E-state index in [0.29, 0.717) is 11.4 Å². The summed E-state index contributed by atoms with van der Waals surface area (Å²) in [6.45, 7) is 0. The quantitative estimate of drug-likeness (QED) is 0.820. The molecule has 88 valence electrons. The molecule has 6 heteroatoms. The van der Waals surface area contributed by atoms with Gasteiger partial charge in [-0.1, -0.05) is 6.07 Å². The average Bonchev–Trinajstić information content (AvgIpc) is 2.58. The van der Waals surface area contributed by atoms with E-state index in [1.165, 1.54) is 10.7 Å². The van der Waals surface area contributed by atoms with Crippen molar-refractivity contribution in [3.63, 3.8) is 0 Å². The lowest BCUT2D eigenvalue weighted by molar-refractivity contribution is 0.101. The first-order chi connectivity index (χ1) is 8.08. The second kappa shape index (κ2) is 4.74. The van der Waals surface area contributed by atoms with Crippen molar-refractivity contribution in [2.24, 2.45) is 7.05 Å². The molecule has 0 aliphatic carbocycles. The van der Waals surface area contributed by atoms with Crippen LogP contribution in [0.25, 0.3) is 0 Å². The molecule has 1 heterocycles. The summed E-state index contributed by atoms with van der Waals surface area (Å²) in [5.41, 5.74) is 1.04. The second-order valence-corrected chi connectivity index (χ2v) is 4.63. The molecule has 0 radical (unpaired) electrons. The van der Waals surface area contributed by atoms with Crippen LogP contribution in [0.4, 0.5) is 5.69 Å². The molecule has 0 atom stereocenters. The highest BCUT2D eigenvalue weighted by Crippen LogP contribution is 2.17. The van der Waals surface area contributed by atoms with E-state index in [0.717, 1.165) is 3.57 Å². The lowest BCUT2D eigenvalue weighted by atomic mass is 10.3. The van der Waals surface area contributed by atoms with Crippen molar-refractivity contribution in [1.29, 1.82) is 0 Å². The third-order valence-corrected chi connectivity index (χ3v) is 3.00. The minimum Gasteiger partial charge on any atom is -0.508 e. The van der Waals surface area contributed by atoms with Crippen molar-refractivity contribution in [3.8, 4) is 5.75 Å². The summed E-state index contributed by atoms with van der Waals surface area (Å²) in [6.07, 6.45) is 1.62. The molecule has 1 amide bonds. The van der Waals surface area contributed by atoms with Crippen LogP contribution in [0.3, 0.4) is 0 Å². The van der Waals surface area contributed by atoms with Crippen molar-refractivity contribution in [2.75, 3.05) is 5.32 Å². The van der Waals surface area contributed by atoms with Crippen molar-refractivity contribution in [1.82, 2.24) is 9.78 Å². The third-order valence-electron chi connectivity index (χ3n) is 2.21. The van der Waals surface area contributed by atoms with E-state index in [-0.39, 0.29) is 11.7 Å². The minimum absolute atomic E-state index is 0.113. The number of aromatic hydroxyl groups is 1. The van der Waals surface area contributed by atoms with Gasteiger partial charge in [0, 0.05) is 18.8 Å². The van der Waals surface area contributed by atoms with Crippen LogP contribution in [0.5, 0.6) is 5.75 Å². The van der Waals surface area contributed by atoms with Gasteiger partial charge in [-0.2, -0.15) is 5.10 Å². The summed E-state index contributed by atoms with van der Waals surface area (Å²) in [5.74, 6) is -0.137. The van der Waals surface area contributed by atoms with Gasteiger partial charge in [0.25, 0.3) is 5.91 Å². The molecule has 0 aliphatic rings. The molecule has 0 saturated carbocycles. The van der Waals surface area contributed by atoms with Crippen molar-refractivity contribution >= 4 is 34.2 Å². The number of carbonyl (C=O) groups is 1. The molecule has 0 saturated heterocycles. The average molecular weight is 343 g/mol. The fourth-order valence-corrected chi connectivity index (χ4v) is 2.16. The van der Waals surface area contributed by atoms with Crippen molar-refractivity contribution in [2.45, 2.75) is 0 Å². The minimum atomic E-state index is -0.250. The highest BCUT2D eigenvalue weighted by Gasteiger charge is 2.15. The first-order valence-electron chi connectivity index (χ1n) is 4.86. The summed E-state index contributed by atoms with van der Waals surface area (Å²) >= 11 is 2.05. The van der Waals surface area contributed by atoms with Gasteiger partial charge in [0.15, 0.2) is 0 Å². The number of anilines is 1. The topological polar surface area (TPSA) is 67.2 Å². The smallest absolute Gasteiger partial charge is 0.275 e. The molecule has 0 aliphatic heterocycles. The Balaban J connectivity index is 2.23. The van der Waals surface area contributed by atoms with E-state index in [2.05, 4.69) is 33.0 Å². The zero-order chi connectivity index (χ0) is 12.4. The number of nitrogens with one attached hydrogen (secondary N) is 1. The molecular formula is C11H10IN3O2. The lowest BCUT2D eigenvalue weighted by Gasteiger charge is -2.06. The zero-order valence-corrected chi connectivity index (χ0v) is 11.2. The zero-order valence-electron chi connectivity index (χ0n) is 9.01. The highest BCUT2D eigenvalue weighted by molar-refractivity contribution is 14.1. The normalized spacial score (nSPS) is 10.2. The molecule has 0 unspecified atom stereocenters. The molecule has 1 aromatic carbocycles. The number of benzene rings is 1. The maximum absolute atomic E-state index is 12.0. The van der Waals surface area contributed by atoms with E-state index >= 15 is 0 Å². The van der Waals surface area contributed by atoms with Crippen LogP contribution in [0, 0.1) is 3.57 Å². The predicted molar refractivity (Wildman–Crippen MR) is 72.0 cm³/mol. The van der Waals surface area contributed by atoms with Gasteiger partial charge in [0.2, 0.25) is 0 Å². The van der Waals surface area contributed by atoms with Crippen molar-refractivity contribution < 1.29 is 9.90 Å². The van der Waals surface area contributed by atoms with E-state index in [1.807, 2.05) is 0 Å². The standard InChI is InChI=1S/C11H10IN3O2/c1-15-10(9(12)6-13-15)11(17)14-7-3-2-4-8(16)5-7/h2-6,16H,1H3,(H,14,17). The number of phenols is 1. The first kappa shape index (κ1) is 11.9. The molecule has 5 nitrogen and oxygen atoms in total. The molecule has 2 aromatic rings. The van der Waals surface area contributed by atoms with Gasteiger partial charge in [0.1, 0.15) is 11.4 Å². The molecule has 0 bridgehead atoms. The van der Waals surface area contributed by atoms with Crippen LogP contribution < -0.4 is 5.32 Å². The number of rotatable bonds is 2. The maximum Gasteiger partial charge on any atom is 0.275 e. The fraction of sp³-hybridized carbons (Fsp3) is 0.0909. The monoisotopic (exact) mass is 343 g/mol. The molecule has 0 spiro atoms. The number of amides is 1. The number of aryl methyl sites for hydroxylation is 1. The largest absolute Gasteiger partial charge is 0.508 e. The van der Waals surface area contributed by atoms with Crippen molar-refractivity contribution in [3.05, 3.63) is 39.7 Å². The Hall–Kier alpha value is -1.57. The van der Waals surface area contributed by atoms with Gasteiger partial charge in [-0.3, -0.25) is 9.48 Å². The van der Waals surface area contributed by atoms with Crippen LogP contribution in [0.1, 0.15) is 10.5 Å². The van der Waals surface area contributed by atoms with Crippen LogP contribution in [0.15, 0.2) is 30.5 Å². The van der Waals surface area contributed by atoms with Gasteiger partial charge in [-0.25, -0.2) is 0 Å². The number of hydrogen-bond donors (Lipinski definition) is 2. The third kappa shape index (κ3) is 2.57. The number of carbonyl (C=O) groups excluding carboxylic acids is 1. The van der Waals surface area contributed by atoms with Crippen LogP contribution in [-0.4, -0.2) is 20.8 Å². The molecular weight excluding hydrogens is 333 g/mol. The Morgan fingerprint density at radius 1 is 1.53 bits per heavy atom. The summed E-state index contributed by atoms with van der Waals surface area (Å²) < 4.78 is 2.29. The van der Waals surface area contributed by atoms with Gasteiger partial charge in [-0.05, 0) is 34.7 Å². The van der Waals surface area contributed by atoms with Crippen LogP contribution in [0.2, 0.25) is 0 Å². The van der Waals surface area contributed by atoms with Gasteiger partial charge < -0.3 is 10.4 Å². The molecule has 2 rings (SSSR count). The number of halogens is 1. The van der Waals surface area contributed by atoms with E-state index in [4.69, 9.17) is 0 Å². The first-order valence-corrected chi connectivity index (χ1v) is 5.93. The van der Waals surface area contributed by atoms with E-state index in [1.54, 1.807) is 31.4 Å².